The maximum atomic E-state index is 10.8. The van der Waals surface area contributed by atoms with Crippen molar-refractivity contribution in [2.24, 2.45) is 5.16 Å². The van der Waals surface area contributed by atoms with Gasteiger partial charge in [-0.25, -0.2) is 4.79 Å². The number of carbonyl (C=O) groups is 1. The van der Waals surface area contributed by atoms with Gasteiger partial charge in [-0.3, -0.25) is 0 Å². The molecule has 0 aliphatic rings. The first-order chi connectivity index (χ1) is 9.49. The maximum Gasteiger partial charge on any atom is 0.354 e. The minimum absolute atomic E-state index is 0.0186. The summed E-state index contributed by atoms with van der Waals surface area (Å²) in [6.07, 6.45) is 0.895. The van der Waals surface area contributed by atoms with Crippen LogP contribution in [-0.2, 0) is 11.2 Å². The molecule has 0 unspecified atom stereocenters. The highest BCUT2D eigenvalue weighted by Crippen LogP contribution is 2.35. The minimum atomic E-state index is -1.25. The van der Waals surface area contributed by atoms with E-state index in [0.717, 1.165) is 11.8 Å². The van der Waals surface area contributed by atoms with Crippen LogP contribution >= 0.6 is 47.8 Å². The average molecular weight is 474 g/mol. The third-order valence-electron chi connectivity index (χ3n) is 2.32. The molecule has 0 aromatic heterocycles. The van der Waals surface area contributed by atoms with E-state index in [9.17, 15) is 4.79 Å². The summed E-state index contributed by atoms with van der Waals surface area (Å²) in [6.45, 7) is 0.570. The van der Waals surface area contributed by atoms with E-state index in [-0.39, 0.29) is 12.1 Å². The molecule has 0 saturated heterocycles. The van der Waals surface area contributed by atoms with Crippen molar-refractivity contribution in [1.29, 1.82) is 0 Å². The molecule has 0 fully saturated rings. The number of alkyl halides is 1. The van der Waals surface area contributed by atoms with Crippen molar-refractivity contribution < 1.29 is 19.8 Å². The lowest BCUT2D eigenvalue weighted by molar-refractivity contribution is -0.129. The van der Waals surface area contributed by atoms with Crippen LogP contribution in [0.1, 0.15) is 12.0 Å². The number of hydrogen-bond donors (Lipinski definition) is 2. The summed E-state index contributed by atoms with van der Waals surface area (Å²) >= 11 is 10.1. The summed E-state index contributed by atoms with van der Waals surface area (Å²) in [7, 11) is 0. The number of benzene rings is 1. The molecule has 20 heavy (non-hydrogen) atoms. The number of ether oxygens (including phenoxy) is 1. The predicted molar refractivity (Wildman–Crippen MR) is 86.3 cm³/mol. The van der Waals surface area contributed by atoms with Gasteiger partial charge in [0.05, 0.1) is 15.6 Å². The Hall–Kier alpha value is -0.600. The smallest absolute Gasteiger partial charge is 0.354 e. The van der Waals surface area contributed by atoms with Crippen LogP contribution in [0.25, 0.3) is 0 Å². The van der Waals surface area contributed by atoms with Crippen molar-refractivity contribution in [3.63, 3.8) is 0 Å². The third kappa shape index (κ3) is 5.06. The summed E-state index contributed by atoms with van der Waals surface area (Å²) in [5.41, 5.74) is 0.364. The molecule has 1 rings (SSSR count). The minimum Gasteiger partial charge on any atom is -0.491 e. The zero-order valence-corrected chi connectivity index (χ0v) is 15.0. The van der Waals surface area contributed by atoms with Gasteiger partial charge in [-0.15, -0.1) is 0 Å². The molecule has 0 bridgehead atoms. The zero-order chi connectivity index (χ0) is 15.1. The van der Waals surface area contributed by atoms with Crippen LogP contribution < -0.4 is 4.74 Å². The second kappa shape index (κ2) is 8.63. The normalized spacial score (nSPS) is 11.4. The Morgan fingerprint density at radius 3 is 2.35 bits per heavy atom. The van der Waals surface area contributed by atoms with Crippen LogP contribution in [0.15, 0.2) is 26.2 Å². The summed E-state index contributed by atoms with van der Waals surface area (Å²) in [6, 6.07) is 3.48. The number of oxime groups is 1. The molecule has 0 aliphatic carbocycles. The molecule has 0 aliphatic heterocycles. The Balaban J connectivity index is 2.90. The van der Waals surface area contributed by atoms with Crippen molar-refractivity contribution in [1.82, 2.24) is 0 Å². The monoisotopic (exact) mass is 471 g/mol. The van der Waals surface area contributed by atoms with Crippen LogP contribution in [0.2, 0.25) is 0 Å². The quantitative estimate of drug-likeness (QED) is 0.207. The molecule has 1 aromatic rings. The Morgan fingerprint density at radius 2 is 1.90 bits per heavy atom. The van der Waals surface area contributed by atoms with Gasteiger partial charge >= 0.3 is 5.97 Å². The number of rotatable bonds is 7. The molecule has 0 atom stereocenters. The zero-order valence-electron chi connectivity index (χ0n) is 10.3. The van der Waals surface area contributed by atoms with Gasteiger partial charge < -0.3 is 15.1 Å². The molecule has 0 saturated carbocycles. The van der Waals surface area contributed by atoms with Crippen molar-refractivity contribution >= 4 is 59.5 Å². The number of halogens is 3. The van der Waals surface area contributed by atoms with Gasteiger partial charge in [0, 0.05) is 11.8 Å². The predicted octanol–water partition coefficient (Wildman–Crippen LogP) is 3.83. The third-order valence-corrected chi connectivity index (χ3v) is 4.06. The van der Waals surface area contributed by atoms with Crippen LogP contribution in [0.5, 0.6) is 5.75 Å². The van der Waals surface area contributed by atoms with E-state index in [0.29, 0.717) is 26.9 Å². The highest BCUT2D eigenvalue weighted by Gasteiger charge is 2.14. The topological polar surface area (TPSA) is 79.1 Å². The lowest BCUT2D eigenvalue weighted by Crippen LogP contribution is -2.16. The highest BCUT2D eigenvalue weighted by atomic mass is 79.9. The molecule has 110 valence electrons. The second-order valence-corrected chi connectivity index (χ2v) is 6.31. The van der Waals surface area contributed by atoms with E-state index in [4.69, 9.17) is 15.1 Å². The first-order valence-corrected chi connectivity index (χ1v) is 8.31. The number of hydrogen-bond acceptors (Lipinski definition) is 4. The molecule has 2 N–H and O–H groups in total. The molecule has 0 amide bonds. The SMILES string of the molecule is O=C(O)/C(Cc1cc(Br)c(OCCCBr)c(Br)c1)=N\O. The number of carboxylic acid groups (broad SMARTS) is 1. The van der Waals surface area contributed by atoms with E-state index in [1.165, 1.54) is 0 Å². The van der Waals surface area contributed by atoms with Crippen molar-refractivity contribution in [2.75, 3.05) is 11.9 Å². The largest absolute Gasteiger partial charge is 0.491 e. The van der Waals surface area contributed by atoms with Crippen molar-refractivity contribution in [3.05, 3.63) is 26.6 Å². The number of carboxylic acids is 1. The van der Waals surface area contributed by atoms with Gasteiger partial charge in [-0.05, 0) is 56.0 Å². The maximum absolute atomic E-state index is 10.8. The Labute approximate surface area is 141 Å². The molecule has 0 spiro atoms. The number of aliphatic carboxylic acids is 1. The summed E-state index contributed by atoms with van der Waals surface area (Å²) in [5, 5.41) is 21.1. The molecule has 0 radical (unpaired) electrons. The second-order valence-electron chi connectivity index (χ2n) is 3.81. The van der Waals surface area contributed by atoms with E-state index >= 15 is 0 Å². The molecular formula is C12H12Br3NO4. The fourth-order valence-corrected chi connectivity index (χ4v) is 3.17. The fourth-order valence-electron chi connectivity index (χ4n) is 1.43. The standard InChI is InChI=1S/C12H12Br3NO4/c13-2-1-3-20-11-8(14)4-7(5-9(11)15)6-10(16-19)12(17)18/h4-5,19H,1-3,6H2,(H,17,18)/b16-10-. The fraction of sp³-hybridized carbons (Fsp3) is 0.333. The van der Waals surface area contributed by atoms with E-state index in [1.54, 1.807) is 12.1 Å². The molecule has 1 aromatic carbocycles. The first-order valence-electron chi connectivity index (χ1n) is 5.60. The van der Waals surface area contributed by atoms with E-state index < -0.39 is 5.97 Å². The first kappa shape index (κ1) is 17.5. The average Bonchev–Trinajstić information content (AvgIpc) is 2.38. The highest BCUT2D eigenvalue weighted by molar-refractivity contribution is 9.11. The van der Waals surface area contributed by atoms with E-state index in [1.807, 2.05) is 0 Å². The Morgan fingerprint density at radius 1 is 1.30 bits per heavy atom. The summed E-state index contributed by atoms with van der Waals surface area (Å²) < 4.78 is 7.04. The van der Waals surface area contributed by atoms with Crippen LogP contribution in [0.3, 0.4) is 0 Å². The molecule has 0 heterocycles. The number of nitrogens with zero attached hydrogens (tertiary/aromatic N) is 1. The Kier molecular flexibility index (Phi) is 7.53. The summed E-state index contributed by atoms with van der Waals surface area (Å²) in [4.78, 5) is 10.8. The molecule has 8 heteroatoms. The summed E-state index contributed by atoms with van der Waals surface area (Å²) in [5.74, 6) is -0.593. The van der Waals surface area contributed by atoms with Crippen LogP contribution in [0.4, 0.5) is 0 Å². The molecular weight excluding hydrogens is 462 g/mol. The Bertz CT molecular complexity index is 496. The lowest BCUT2D eigenvalue weighted by Gasteiger charge is -2.11. The van der Waals surface area contributed by atoms with E-state index in [2.05, 4.69) is 52.9 Å². The van der Waals surface area contributed by atoms with Gasteiger partial charge in [-0.2, -0.15) is 0 Å². The van der Waals surface area contributed by atoms with Gasteiger partial charge in [0.2, 0.25) is 0 Å². The van der Waals surface area contributed by atoms with Gasteiger partial charge in [-0.1, -0.05) is 21.1 Å². The van der Waals surface area contributed by atoms with Gasteiger partial charge in [0.15, 0.2) is 5.71 Å². The van der Waals surface area contributed by atoms with Crippen molar-refractivity contribution in [3.8, 4) is 5.75 Å². The molecule has 5 nitrogen and oxygen atoms in total. The van der Waals surface area contributed by atoms with Gasteiger partial charge in [0.25, 0.3) is 0 Å². The van der Waals surface area contributed by atoms with Crippen LogP contribution in [0, 0.1) is 0 Å². The van der Waals surface area contributed by atoms with Gasteiger partial charge in [0.1, 0.15) is 5.75 Å². The van der Waals surface area contributed by atoms with Crippen LogP contribution in [-0.4, -0.2) is 33.9 Å². The van der Waals surface area contributed by atoms with Crippen molar-refractivity contribution in [2.45, 2.75) is 12.8 Å². The lowest BCUT2D eigenvalue weighted by atomic mass is 10.1.